The van der Waals surface area contributed by atoms with E-state index in [0.717, 1.165) is 9.83 Å². The molecule has 1 rings (SSSR count). The molecule has 0 spiro atoms. The summed E-state index contributed by atoms with van der Waals surface area (Å²) in [5.74, 6) is -0.330. The van der Waals surface area contributed by atoms with Gasteiger partial charge in [0.2, 0.25) is 0 Å². The van der Waals surface area contributed by atoms with Crippen molar-refractivity contribution >= 4 is 49.9 Å². The van der Waals surface area contributed by atoms with Crippen LogP contribution < -0.4 is 5.32 Å². The molecule has 0 unspecified atom stereocenters. The Labute approximate surface area is 132 Å². The van der Waals surface area contributed by atoms with E-state index in [0.29, 0.717) is 10.6 Å². The monoisotopic (exact) mass is 415 g/mol. The zero-order valence-electron chi connectivity index (χ0n) is 10.8. The van der Waals surface area contributed by atoms with Gasteiger partial charge < -0.3 is 5.32 Å². The summed E-state index contributed by atoms with van der Waals surface area (Å²) in [4.78, 5) is 12.0. The molecule has 0 atom stereocenters. The van der Waals surface area contributed by atoms with Gasteiger partial charge in [-0.15, -0.1) is 0 Å². The molecule has 0 saturated carbocycles. The molecule has 0 radical (unpaired) electrons. The fraction of sp³-hybridized carbons (Fsp3) is 0.417. The Balaban J connectivity index is 2.85. The summed E-state index contributed by atoms with van der Waals surface area (Å²) in [7, 11) is -3.24. The SMILES string of the molecule is CC(C)(CNC(=O)c1cc(Cl)ccc1I)S(C)(=O)=O. The van der Waals surface area contributed by atoms with Crippen LogP contribution in [0.15, 0.2) is 18.2 Å². The number of halogens is 2. The van der Waals surface area contributed by atoms with E-state index >= 15 is 0 Å². The van der Waals surface area contributed by atoms with Crippen molar-refractivity contribution in [2.24, 2.45) is 0 Å². The third-order valence-electron chi connectivity index (χ3n) is 2.85. The van der Waals surface area contributed by atoms with Crippen LogP contribution in [-0.4, -0.2) is 31.9 Å². The highest BCUT2D eigenvalue weighted by Gasteiger charge is 2.30. The van der Waals surface area contributed by atoms with Crippen molar-refractivity contribution in [3.05, 3.63) is 32.4 Å². The third-order valence-corrected chi connectivity index (χ3v) is 6.18. The molecule has 1 aromatic carbocycles. The van der Waals surface area contributed by atoms with Crippen molar-refractivity contribution < 1.29 is 13.2 Å². The molecule has 0 aliphatic rings. The van der Waals surface area contributed by atoms with E-state index in [-0.39, 0.29) is 12.5 Å². The van der Waals surface area contributed by atoms with Crippen LogP contribution in [-0.2, 0) is 9.84 Å². The van der Waals surface area contributed by atoms with Gasteiger partial charge in [0, 0.05) is 21.4 Å². The van der Waals surface area contributed by atoms with Crippen molar-refractivity contribution in [3.63, 3.8) is 0 Å². The summed E-state index contributed by atoms with van der Waals surface area (Å²) in [6, 6.07) is 4.99. The highest BCUT2D eigenvalue weighted by atomic mass is 127. The third kappa shape index (κ3) is 4.32. The van der Waals surface area contributed by atoms with E-state index in [9.17, 15) is 13.2 Å². The number of sulfone groups is 1. The van der Waals surface area contributed by atoms with Gasteiger partial charge in [0.1, 0.15) is 0 Å². The zero-order chi connectivity index (χ0) is 14.8. The molecular formula is C12H15ClINO3S. The van der Waals surface area contributed by atoms with E-state index in [1.54, 1.807) is 32.0 Å². The molecule has 1 amide bonds. The number of amides is 1. The van der Waals surface area contributed by atoms with Crippen LogP contribution in [0.3, 0.4) is 0 Å². The maximum Gasteiger partial charge on any atom is 0.252 e. The Hall–Kier alpha value is -0.340. The van der Waals surface area contributed by atoms with Crippen molar-refractivity contribution in [2.45, 2.75) is 18.6 Å². The van der Waals surface area contributed by atoms with Gasteiger partial charge in [0.05, 0.1) is 10.3 Å². The number of rotatable bonds is 4. The van der Waals surface area contributed by atoms with Crippen molar-refractivity contribution in [1.82, 2.24) is 5.32 Å². The summed E-state index contributed by atoms with van der Waals surface area (Å²) >= 11 is 7.88. The number of benzene rings is 1. The Kier molecular flexibility index (Phi) is 5.25. The number of carbonyl (C=O) groups excluding carboxylic acids is 1. The molecule has 19 heavy (non-hydrogen) atoms. The first-order valence-electron chi connectivity index (χ1n) is 5.47. The lowest BCUT2D eigenvalue weighted by Gasteiger charge is -2.22. The van der Waals surface area contributed by atoms with Gasteiger partial charge in [-0.2, -0.15) is 0 Å². The van der Waals surface area contributed by atoms with Crippen LogP contribution in [0.5, 0.6) is 0 Å². The molecule has 0 aromatic heterocycles. The minimum atomic E-state index is -3.24. The molecule has 0 heterocycles. The molecule has 0 fully saturated rings. The summed E-state index contributed by atoms with van der Waals surface area (Å²) in [6.45, 7) is 3.20. The van der Waals surface area contributed by atoms with E-state index in [4.69, 9.17) is 11.6 Å². The largest absolute Gasteiger partial charge is 0.350 e. The molecule has 106 valence electrons. The Morgan fingerprint density at radius 2 is 2.00 bits per heavy atom. The van der Waals surface area contributed by atoms with Crippen molar-refractivity contribution in [2.75, 3.05) is 12.8 Å². The van der Waals surface area contributed by atoms with Crippen LogP contribution in [0.1, 0.15) is 24.2 Å². The molecule has 0 aliphatic heterocycles. The van der Waals surface area contributed by atoms with Gasteiger partial charge in [-0.1, -0.05) is 11.6 Å². The second kappa shape index (κ2) is 5.97. The standard InChI is InChI=1S/C12H15ClINO3S/c1-12(2,19(3,17)18)7-15-11(16)9-6-8(13)4-5-10(9)14/h4-6H,7H2,1-3H3,(H,15,16). The predicted molar refractivity (Wildman–Crippen MR) is 85.4 cm³/mol. The highest BCUT2D eigenvalue weighted by molar-refractivity contribution is 14.1. The molecule has 4 nitrogen and oxygen atoms in total. The number of hydrogen-bond acceptors (Lipinski definition) is 3. The molecule has 0 bridgehead atoms. The van der Waals surface area contributed by atoms with Gasteiger partial charge in [0.25, 0.3) is 5.91 Å². The van der Waals surface area contributed by atoms with Gasteiger partial charge in [-0.3, -0.25) is 4.79 Å². The summed E-state index contributed by atoms with van der Waals surface area (Å²) in [6.07, 6.45) is 1.16. The molecule has 0 saturated heterocycles. The maximum atomic E-state index is 12.0. The van der Waals surface area contributed by atoms with Crippen LogP contribution >= 0.6 is 34.2 Å². The van der Waals surface area contributed by atoms with Gasteiger partial charge in [-0.25, -0.2) is 8.42 Å². The second-order valence-corrected chi connectivity index (χ2v) is 9.09. The molecular weight excluding hydrogens is 401 g/mol. The van der Waals surface area contributed by atoms with Crippen LogP contribution in [0.4, 0.5) is 0 Å². The smallest absolute Gasteiger partial charge is 0.252 e. The molecule has 1 aromatic rings. The molecule has 7 heteroatoms. The highest BCUT2D eigenvalue weighted by Crippen LogP contribution is 2.19. The minimum absolute atomic E-state index is 0.0489. The van der Waals surface area contributed by atoms with Crippen LogP contribution in [0, 0.1) is 3.57 Å². The van der Waals surface area contributed by atoms with Crippen molar-refractivity contribution in [3.8, 4) is 0 Å². The topological polar surface area (TPSA) is 63.2 Å². The van der Waals surface area contributed by atoms with E-state index in [2.05, 4.69) is 5.32 Å². The van der Waals surface area contributed by atoms with Gasteiger partial charge in [0.15, 0.2) is 9.84 Å². The van der Waals surface area contributed by atoms with Crippen molar-refractivity contribution in [1.29, 1.82) is 0 Å². The lowest BCUT2D eigenvalue weighted by atomic mass is 10.2. The van der Waals surface area contributed by atoms with E-state index in [1.165, 1.54) is 0 Å². The second-order valence-electron chi connectivity index (χ2n) is 4.84. The predicted octanol–water partition coefficient (Wildman–Crippen LogP) is 2.50. The van der Waals surface area contributed by atoms with E-state index in [1.807, 2.05) is 22.6 Å². The molecule has 0 aliphatic carbocycles. The summed E-state index contributed by atoms with van der Waals surface area (Å²) < 4.78 is 22.9. The van der Waals surface area contributed by atoms with Gasteiger partial charge >= 0.3 is 0 Å². The van der Waals surface area contributed by atoms with Gasteiger partial charge in [-0.05, 0) is 54.6 Å². The first-order chi connectivity index (χ1) is 8.54. The fourth-order valence-corrected chi connectivity index (χ4v) is 2.28. The van der Waals surface area contributed by atoms with Crippen LogP contribution in [0.25, 0.3) is 0 Å². The molecule has 1 N–H and O–H groups in total. The zero-order valence-corrected chi connectivity index (χ0v) is 14.6. The lowest BCUT2D eigenvalue weighted by molar-refractivity contribution is 0.0949. The quantitative estimate of drug-likeness (QED) is 0.769. The average Bonchev–Trinajstić information content (AvgIpc) is 2.28. The number of nitrogens with one attached hydrogen (secondary N) is 1. The van der Waals surface area contributed by atoms with Crippen LogP contribution in [0.2, 0.25) is 5.02 Å². The summed E-state index contributed by atoms with van der Waals surface area (Å²) in [5, 5.41) is 3.10. The maximum absolute atomic E-state index is 12.0. The van der Waals surface area contributed by atoms with E-state index < -0.39 is 14.6 Å². The fourth-order valence-electron chi connectivity index (χ4n) is 1.19. The number of hydrogen-bond donors (Lipinski definition) is 1. The Morgan fingerprint density at radius 3 is 2.53 bits per heavy atom. The Bertz CT molecular complexity index is 599. The lowest BCUT2D eigenvalue weighted by Crippen LogP contribution is -2.43. The first kappa shape index (κ1) is 16.7. The Morgan fingerprint density at radius 1 is 1.42 bits per heavy atom. The average molecular weight is 416 g/mol. The summed E-state index contributed by atoms with van der Waals surface area (Å²) in [5.41, 5.74) is 0.442. The normalized spacial score (nSPS) is 12.3. The minimum Gasteiger partial charge on any atom is -0.350 e. The number of carbonyl (C=O) groups is 1. The first-order valence-corrected chi connectivity index (χ1v) is 8.82.